The van der Waals surface area contributed by atoms with E-state index in [-0.39, 0.29) is 6.10 Å². The molecule has 0 radical (unpaired) electrons. The summed E-state index contributed by atoms with van der Waals surface area (Å²) in [6.07, 6.45) is 0.0312. The average molecular weight is 249 g/mol. The highest BCUT2D eigenvalue weighted by Gasteiger charge is 2.33. The van der Waals surface area contributed by atoms with Crippen LogP contribution in [0.4, 0.5) is 0 Å². The molecule has 0 N–H and O–H groups in total. The molecule has 18 heavy (non-hydrogen) atoms. The van der Waals surface area contributed by atoms with Gasteiger partial charge in [0.05, 0.1) is 13.2 Å². The molecule has 1 aromatic carbocycles. The van der Waals surface area contributed by atoms with Crippen molar-refractivity contribution in [1.29, 1.82) is 0 Å². The monoisotopic (exact) mass is 249 g/mol. The molecule has 1 saturated heterocycles. The van der Waals surface area contributed by atoms with E-state index < -0.39 is 5.79 Å². The maximum Gasteiger partial charge on any atom is 0.163 e. The van der Waals surface area contributed by atoms with Gasteiger partial charge in [0.1, 0.15) is 6.10 Å². The zero-order chi connectivity index (χ0) is 12.6. The number of hydrogen-bond donors (Lipinski definition) is 0. The Morgan fingerprint density at radius 3 is 2.50 bits per heavy atom. The van der Waals surface area contributed by atoms with Gasteiger partial charge in [-0.25, -0.2) is 0 Å². The highest BCUT2D eigenvalue weighted by molar-refractivity contribution is 5.29. The second kappa shape index (κ2) is 4.63. The van der Waals surface area contributed by atoms with Crippen molar-refractivity contribution in [1.82, 2.24) is 5.06 Å². The number of hydroxylamine groups is 2. The summed E-state index contributed by atoms with van der Waals surface area (Å²) in [6.45, 7) is 6.73. The molecule has 4 nitrogen and oxygen atoms in total. The highest BCUT2D eigenvalue weighted by Crippen LogP contribution is 2.25. The van der Waals surface area contributed by atoms with E-state index in [0.717, 1.165) is 13.1 Å². The van der Waals surface area contributed by atoms with Crippen LogP contribution in [0.15, 0.2) is 24.3 Å². The van der Waals surface area contributed by atoms with Crippen molar-refractivity contribution in [2.45, 2.75) is 38.8 Å². The van der Waals surface area contributed by atoms with Gasteiger partial charge in [-0.05, 0) is 25.0 Å². The molecule has 1 atom stereocenters. The van der Waals surface area contributed by atoms with Gasteiger partial charge < -0.3 is 9.47 Å². The van der Waals surface area contributed by atoms with Gasteiger partial charge in [-0.3, -0.25) is 4.84 Å². The molecule has 0 aromatic heterocycles. The molecule has 98 valence electrons. The Morgan fingerprint density at radius 1 is 1.28 bits per heavy atom. The normalized spacial score (nSPS) is 26.4. The van der Waals surface area contributed by atoms with Crippen molar-refractivity contribution in [2.75, 3.05) is 13.2 Å². The van der Waals surface area contributed by atoms with E-state index in [1.807, 2.05) is 18.9 Å². The fraction of sp³-hybridized carbons (Fsp3) is 0.571. The van der Waals surface area contributed by atoms with Crippen LogP contribution in [0.1, 0.15) is 25.0 Å². The lowest BCUT2D eigenvalue weighted by Crippen LogP contribution is -2.28. The van der Waals surface area contributed by atoms with Crippen LogP contribution in [0.2, 0.25) is 0 Å². The van der Waals surface area contributed by atoms with Gasteiger partial charge in [-0.1, -0.05) is 24.3 Å². The van der Waals surface area contributed by atoms with Gasteiger partial charge in [-0.15, -0.1) is 0 Å². The molecular formula is C14H19NO3. The van der Waals surface area contributed by atoms with E-state index in [4.69, 9.17) is 14.3 Å². The molecule has 1 unspecified atom stereocenters. The molecular weight excluding hydrogens is 230 g/mol. The number of ether oxygens (including phenoxy) is 2. The third-order valence-corrected chi connectivity index (χ3v) is 3.32. The third kappa shape index (κ3) is 2.57. The molecule has 3 rings (SSSR count). The van der Waals surface area contributed by atoms with Crippen LogP contribution in [-0.4, -0.2) is 30.2 Å². The molecule has 1 aromatic rings. The second-order valence-electron chi connectivity index (χ2n) is 5.31. The predicted octanol–water partition coefficient (Wildman–Crippen LogP) is 2.09. The molecule has 2 aliphatic rings. The Morgan fingerprint density at radius 2 is 1.94 bits per heavy atom. The van der Waals surface area contributed by atoms with Crippen molar-refractivity contribution in [2.24, 2.45) is 0 Å². The summed E-state index contributed by atoms with van der Waals surface area (Å²) in [5.74, 6) is -0.470. The van der Waals surface area contributed by atoms with Gasteiger partial charge in [-0.2, -0.15) is 5.06 Å². The summed E-state index contributed by atoms with van der Waals surface area (Å²) < 4.78 is 11.2. The van der Waals surface area contributed by atoms with Crippen molar-refractivity contribution >= 4 is 0 Å². The van der Waals surface area contributed by atoms with E-state index in [0.29, 0.717) is 13.2 Å². The predicted molar refractivity (Wildman–Crippen MR) is 66.5 cm³/mol. The number of nitrogens with zero attached hydrogens (tertiary/aromatic N) is 1. The number of rotatable bonds is 3. The maximum absolute atomic E-state index is 5.79. The lowest BCUT2D eigenvalue weighted by Gasteiger charge is -2.19. The molecule has 0 spiro atoms. The van der Waals surface area contributed by atoms with Crippen molar-refractivity contribution in [3.8, 4) is 0 Å². The van der Waals surface area contributed by atoms with Crippen LogP contribution in [-0.2, 0) is 27.4 Å². The summed E-state index contributed by atoms with van der Waals surface area (Å²) in [5, 5.41) is 1.99. The van der Waals surface area contributed by atoms with Gasteiger partial charge in [0.2, 0.25) is 0 Å². The van der Waals surface area contributed by atoms with Crippen LogP contribution in [0, 0.1) is 0 Å². The fourth-order valence-corrected chi connectivity index (χ4v) is 2.43. The van der Waals surface area contributed by atoms with Crippen LogP contribution in [0.25, 0.3) is 0 Å². The minimum atomic E-state index is -0.470. The minimum Gasteiger partial charge on any atom is -0.348 e. The first-order valence-electron chi connectivity index (χ1n) is 6.39. The highest BCUT2D eigenvalue weighted by atomic mass is 16.8. The lowest BCUT2D eigenvalue weighted by molar-refractivity contribution is -0.200. The van der Waals surface area contributed by atoms with E-state index in [2.05, 4.69) is 24.3 Å². The molecule has 0 bridgehead atoms. The third-order valence-electron chi connectivity index (χ3n) is 3.32. The Balaban J connectivity index is 1.49. The SMILES string of the molecule is CC1(C)OCC(CON2Cc3ccccc3C2)O1. The van der Waals surface area contributed by atoms with Crippen LogP contribution >= 0.6 is 0 Å². The minimum absolute atomic E-state index is 0.0312. The Bertz CT molecular complexity index is 408. The smallest absolute Gasteiger partial charge is 0.163 e. The van der Waals surface area contributed by atoms with Gasteiger partial charge in [0.15, 0.2) is 5.79 Å². The van der Waals surface area contributed by atoms with Gasteiger partial charge >= 0.3 is 0 Å². The van der Waals surface area contributed by atoms with Gasteiger partial charge in [0, 0.05) is 13.1 Å². The van der Waals surface area contributed by atoms with Crippen molar-refractivity contribution in [3.63, 3.8) is 0 Å². The molecule has 0 saturated carbocycles. The van der Waals surface area contributed by atoms with E-state index in [1.54, 1.807) is 0 Å². The number of hydrogen-bond acceptors (Lipinski definition) is 4. The Kier molecular flexibility index (Phi) is 3.11. The second-order valence-corrected chi connectivity index (χ2v) is 5.31. The summed E-state index contributed by atoms with van der Waals surface area (Å²) in [6, 6.07) is 8.44. The standard InChI is InChI=1S/C14H19NO3/c1-14(2)16-9-13(18-14)10-17-15-7-11-5-3-4-6-12(11)8-15/h3-6,13H,7-10H2,1-2H3. The van der Waals surface area contributed by atoms with E-state index in [1.165, 1.54) is 11.1 Å². The first kappa shape index (κ1) is 12.1. The molecule has 0 aliphatic carbocycles. The fourth-order valence-electron chi connectivity index (χ4n) is 2.43. The lowest BCUT2D eigenvalue weighted by atomic mass is 10.1. The molecule has 2 heterocycles. The zero-order valence-electron chi connectivity index (χ0n) is 10.9. The van der Waals surface area contributed by atoms with Gasteiger partial charge in [0.25, 0.3) is 0 Å². The molecule has 4 heteroatoms. The molecule has 1 fully saturated rings. The van der Waals surface area contributed by atoms with Crippen molar-refractivity contribution in [3.05, 3.63) is 35.4 Å². The topological polar surface area (TPSA) is 30.9 Å². The molecule has 0 amide bonds. The van der Waals surface area contributed by atoms with Crippen LogP contribution < -0.4 is 0 Å². The Labute approximate surface area is 107 Å². The summed E-state index contributed by atoms with van der Waals surface area (Å²) in [5.41, 5.74) is 2.70. The first-order chi connectivity index (χ1) is 8.62. The Hall–Kier alpha value is -0.940. The zero-order valence-corrected chi connectivity index (χ0v) is 10.9. The van der Waals surface area contributed by atoms with Crippen LogP contribution in [0.5, 0.6) is 0 Å². The summed E-state index contributed by atoms with van der Waals surface area (Å²) in [7, 11) is 0. The first-order valence-corrected chi connectivity index (χ1v) is 6.39. The quantitative estimate of drug-likeness (QED) is 0.820. The summed E-state index contributed by atoms with van der Waals surface area (Å²) >= 11 is 0. The average Bonchev–Trinajstić information content (AvgIpc) is 2.89. The maximum atomic E-state index is 5.79. The number of benzene rings is 1. The van der Waals surface area contributed by atoms with E-state index >= 15 is 0 Å². The van der Waals surface area contributed by atoms with E-state index in [9.17, 15) is 0 Å². The molecule has 2 aliphatic heterocycles. The number of fused-ring (bicyclic) bond motifs is 1. The summed E-state index contributed by atoms with van der Waals surface area (Å²) in [4.78, 5) is 5.79. The van der Waals surface area contributed by atoms with Crippen molar-refractivity contribution < 1.29 is 14.3 Å². The largest absolute Gasteiger partial charge is 0.348 e. The van der Waals surface area contributed by atoms with Crippen LogP contribution in [0.3, 0.4) is 0 Å².